The van der Waals surface area contributed by atoms with Crippen LogP contribution in [-0.4, -0.2) is 48.8 Å². The summed E-state index contributed by atoms with van der Waals surface area (Å²) in [6, 6.07) is 0. The smallest absolute Gasteiger partial charge is 0.248 e. The second kappa shape index (κ2) is 6.36. The minimum Gasteiger partial charge on any atom is -0.377 e. The Kier molecular flexibility index (Phi) is 5.40. The number of nitrogens with zero attached hydrogens (tertiary/aromatic N) is 1. The van der Waals surface area contributed by atoms with E-state index in [2.05, 4.69) is 0 Å². The van der Waals surface area contributed by atoms with Crippen LogP contribution < -0.4 is 0 Å². The summed E-state index contributed by atoms with van der Waals surface area (Å²) in [5.74, 6) is 0.0735. The first-order valence-corrected chi connectivity index (χ1v) is 6.45. The second-order valence-corrected chi connectivity index (χ2v) is 5.46. The molecule has 0 spiro atoms. The fourth-order valence-electron chi connectivity index (χ4n) is 1.91. The quantitative estimate of drug-likeness (QED) is 0.756. The second-order valence-electron chi connectivity index (χ2n) is 5.46. The number of ether oxygens (including phenoxy) is 2. The van der Waals surface area contributed by atoms with Gasteiger partial charge in [-0.15, -0.1) is 0 Å². The number of piperidine rings is 1. The Morgan fingerprint density at radius 2 is 2.12 bits per heavy atom. The molecule has 1 atom stereocenters. The lowest BCUT2D eigenvalue weighted by molar-refractivity contribution is -0.144. The molecule has 1 heterocycles. The summed E-state index contributed by atoms with van der Waals surface area (Å²) in [5, 5.41) is 0. The van der Waals surface area contributed by atoms with Gasteiger partial charge in [-0.1, -0.05) is 0 Å². The van der Waals surface area contributed by atoms with E-state index in [1.165, 1.54) is 0 Å². The van der Waals surface area contributed by atoms with Crippen molar-refractivity contribution in [3.63, 3.8) is 0 Å². The standard InChI is InChI=1S/C13H25NO3/c1-5-16-11-7-6-8-14(9-11)12(15)10-17-13(2,3)4/h11H,5-10H2,1-4H3. The van der Waals surface area contributed by atoms with Crippen LogP contribution in [0.5, 0.6) is 0 Å². The minimum atomic E-state index is -0.259. The van der Waals surface area contributed by atoms with Gasteiger partial charge in [0.1, 0.15) is 6.61 Å². The molecule has 1 unspecified atom stereocenters. The van der Waals surface area contributed by atoms with Crippen LogP contribution in [0, 0.1) is 0 Å². The van der Waals surface area contributed by atoms with Gasteiger partial charge in [0.15, 0.2) is 0 Å². The zero-order valence-corrected chi connectivity index (χ0v) is 11.5. The fraction of sp³-hybridized carbons (Fsp3) is 0.923. The van der Waals surface area contributed by atoms with Crippen LogP contribution >= 0.6 is 0 Å². The summed E-state index contributed by atoms with van der Waals surface area (Å²) < 4.78 is 11.1. The molecule has 4 heteroatoms. The number of hydrogen-bond donors (Lipinski definition) is 0. The predicted molar refractivity (Wildman–Crippen MR) is 66.9 cm³/mol. The van der Waals surface area contributed by atoms with Gasteiger partial charge in [-0.25, -0.2) is 0 Å². The maximum Gasteiger partial charge on any atom is 0.248 e. The fourth-order valence-corrected chi connectivity index (χ4v) is 1.91. The highest BCUT2D eigenvalue weighted by molar-refractivity contribution is 5.77. The van der Waals surface area contributed by atoms with Crippen molar-refractivity contribution in [2.45, 2.75) is 52.2 Å². The van der Waals surface area contributed by atoms with E-state index >= 15 is 0 Å². The molecule has 1 aliphatic rings. The molecule has 4 nitrogen and oxygen atoms in total. The van der Waals surface area contributed by atoms with Gasteiger partial charge >= 0.3 is 0 Å². The largest absolute Gasteiger partial charge is 0.377 e. The highest BCUT2D eigenvalue weighted by Crippen LogP contribution is 2.14. The van der Waals surface area contributed by atoms with E-state index in [0.29, 0.717) is 13.2 Å². The summed E-state index contributed by atoms with van der Waals surface area (Å²) >= 11 is 0. The molecule has 0 saturated carbocycles. The molecule has 0 aromatic rings. The first kappa shape index (κ1) is 14.5. The monoisotopic (exact) mass is 243 g/mol. The average molecular weight is 243 g/mol. The summed E-state index contributed by atoms with van der Waals surface area (Å²) in [4.78, 5) is 13.8. The Morgan fingerprint density at radius 1 is 1.41 bits per heavy atom. The highest BCUT2D eigenvalue weighted by Gasteiger charge is 2.24. The Bertz CT molecular complexity index is 246. The lowest BCUT2D eigenvalue weighted by Crippen LogP contribution is -2.45. The van der Waals surface area contributed by atoms with E-state index in [0.717, 1.165) is 19.4 Å². The van der Waals surface area contributed by atoms with E-state index in [9.17, 15) is 4.79 Å². The van der Waals surface area contributed by atoms with Gasteiger partial charge in [0.05, 0.1) is 11.7 Å². The Hall–Kier alpha value is -0.610. The molecule has 0 radical (unpaired) electrons. The molecule has 0 aliphatic carbocycles. The minimum absolute atomic E-state index is 0.0735. The Balaban J connectivity index is 2.36. The summed E-state index contributed by atoms with van der Waals surface area (Å²) in [5.41, 5.74) is -0.259. The topological polar surface area (TPSA) is 38.8 Å². The van der Waals surface area contributed by atoms with Crippen LogP contribution in [0.15, 0.2) is 0 Å². The molecule has 1 saturated heterocycles. The average Bonchev–Trinajstić information content (AvgIpc) is 2.26. The van der Waals surface area contributed by atoms with Crippen molar-refractivity contribution < 1.29 is 14.3 Å². The number of amides is 1. The predicted octanol–water partition coefficient (Wildman–Crippen LogP) is 1.83. The van der Waals surface area contributed by atoms with Crippen molar-refractivity contribution in [3.05, 3.63) is 0 Å². The molecule has 0 aromatic carbocycles. The zero-order valence-electron chi connectivity index (χ0n) is 11.5. The maximum atomic E-state index is 11.9. The van der Waals surface area contributed by atoms with Gasteiger partial charge in [0.2, 0.25) is 5.91 Å². The third-order valence-corrected chi connectivity index (χ3v) is 2.76. The third-order valence-electron chi connectivity index (χ3n) is 2.76. The van der Waals surface area contributed by atoms with E-state index < -0.39 is 0 Å². The van der Waals surface area contributed by atoms with E-state index in [1.807, 2.05) is 32.6 Å². The number of hydrogen-bond acceptors (Lipinski definition) is 3. The van der Waals surface area contributed by atoms with Crippen molar-refractivity contribution in [2.24, 2.45) is 0 Å². The Morgan fingerprint density at radius 3 is 2.71 bits per heavy atom. The molecule has 0 bridgehead atoms. The third kappa shape index (κ3) is 5.50. The van der Waals surface area contributed by atoms with Gasteiger partial charge in [0, 0.05) is 19.7 Å². The molecule has 17 heavy (non-hydrogen) atoms. The molecular weight excluding hydrogens is 218 g/mol. The number of carbonyl (C=O) groups is 1. The number of rotatable bonds is 4. The van der Waals surface area contributed by atoms with Crippen molar-refractivity contribution >= 4 is 5.91 Å². The first-order chi connectivity index (χ1) is 7.92. The van der Waals surface area contributed by atoms with Gasteiger partial charge in [-0.3, -0.25) is 4.79 Å². The maximum absolute atomic E-state index is 11.9. The van der Waals surface area contributed by atoms with Crippen molar-refractivity contribution in [3.8, 4) is 0 Å². The molecule has 1 rings (SSSR count). The lowest BCUT2D eigenvalue weighted by Gasteiger charge is -2.33. The number of carbonyl (C=O) groups excluding carboxylic acids is 1. The molecule has 1 fully saturated rings. The van der Waals surface area contributed by atoms with Gasteiger partial charge in [-0.05, 0) is 40.5 Å². The zero-order chi connectivity index (χ0) is 12.9. The van der Waals surface area contributed by atoms with Gasteiger partial charge in [-0.2, -0.15) is 0 Å². The summed E-state index contributed by atoms with van der Waals surface area (Å²) in [6.07, 6.45) is 2.27. The first-order valence-electron chi connectivity index (χ1n) is 6.45. The van der Waals surface area contributed by atoms with Crippen LogP contribution in [0.3, 0.4) is 0 Å². The van der Waals surface area contributed by atoms with Gasteiger partial charge in [0.25, 0.3) is 0 Å². The van der Waals surface area contributed by atoms with Crippen LogP contribution in [0.2, 0.25) is 0 Å². The number of likely N-dealkylation sites (tertiary alicyclic amines) is 1. The molecule has 0 N–H and O–H groups in total. The van der Waals surface area contributed by atoms with Crippen molar-refractivity contribution in [2.75, 3.05) is 26.3 Å². The molecule has 0 aromatic heterocycles. The summed E-state index contributed by atoms with van der Waals surface area (Å²) in [6.45, 7) is 10.3. The SMILES string of the molecule is CCOC1CCCN(C(=O)COC(C)(C)C)C1. The van der Waals surface area contributed by atoms with Crippen LogP contribution in [0.1, 0.15) is 40.5 Å². The normalized spacial score (nSPS) is 21.6. The highest BCUT2D eigenvalue weighted by atomic mass is 16.5. The van der Waals surface area contributed by atoms with Crippen LogP contribution in [0.4, 0.5) is 0 Å². The van der Waals surface area contributed by atoms with E-state index in [-0.39, 0.29) is 24.2 Å². The van der Waals surface area contributed by atoms with Crippen LogP contribution in [0.25, 0.3) is 0 Å². The van der Waals surface area contributed by atoms with E-state index in [4.69, 9.17) is 9.47 Å². The van der Waals surface area contributed by atoms with Crippen LogP contribution in [-0.2, 0) is 14.3 Å². The van der Waals surface area contributed by atoms with Crippen molar-refractivity contribution in [1.82, 2.24) is 4.90 Å². The molecule has 1 aliphatic heterocycles. The van der Waals surface area contributed by atoms with Gasteiger partial charge < -0.3 is 14.4 Å². The van der Waals surface area contributed by atoms with Crippen molar-refractivity contribution in [1.29, 1.82) is 0 Å². The molecule has 1 amide bonds. The lowest BCUT2D eigenvalue weighted by atomic mass is 10.1. The molecular formula is C13H25NO3. The van der Waals surface area contributed by atoms with E-state index in [1.54, 1.807) is 0 Å². The molecule has 100 valence electrons. The Labute approximate surface area is 104 Å². The summed E-state index contributed by atoms with van der Waals surface area (Å²) in [7, 11) is 0.